The quantitative estimate of drug-likeness (QED) is 0.710. The third kappa shape index (κ3) is 3.78. The summed E-state index contributed by atoms with van der Waals surface area (Å²) in [5.41, 5.74) is 1.91. The zero-order valence-corrected chi connectivity index (χ0v) is 10.7. The van der Waals surface area contributed by atoms with Crippen LogP contribution in [0.2, 0.25) is 0 Å². The molecule has 1 rings (SSSR count). The number of aryl methyl sites for hydroxylation is 1. The second-order valence-corrected chi connectivity index (χ2v) is 4.83. The Morgan fingerprint density at radius 3 is 2.50 bits per heavy atom. The van der Waals surface area contributed by atoms with E-state index in [0.717, 1.165) is 17.7 Å². The van der Waals surface area contributed by atoms with Gasteiger partial charge in [0.15, 0.2) is 5.78 Å². The van der Waals surface area contributed by atoms with Crippen LogP contribution in [0.15, 0.2) is 24.3 Å². The molecule has 0 bridgehead atoms. The molecule has 0 aliphatic rings. The maximum atomic E-state index is 12.0. The van der Waals surface area contributed by atoms with Gasteiger partial charge in [0.2, 0.25) is 0 Å². The van der Waals surface area contributed by atoms with E-state index in [0.29, 0.717) is 12.5 Å². The lowest BCUT2D eigenvalue weighted by atomic mass is 10.0. The monoisotopic (exact) mass is 219 g/mol. The molecule has 0 amide bonds. The normalized spacial score (nSPS) is 11.1. The van der Waals surface area contributed by atoms with E-state index in [-0.39, 0.29) is 5.78 Å². The number of rotatable bonds is 5. The highest BCUT2D eigenvalue weighted by molar-refractivity contribution is 5.98. The smallest absolute Gasteiger partial charge is 0.177 e. The van der Waals surface area contributed by atoms with Crippen LogP contribution in [-0.2, 0) is 0 Å². The van der Waals surface area contributed by atoms with Gasteiger partial charge in [-0.3, -0.25) is 9.69 Å². The average molecular weight is 219 g/mol. The summed E-state index contributed by atoms with van der Waals surface area (Å²) < 4.78 is 0. The summed E-state index contributed by atoms with van der Waals surface area (Å²) in [4.78, 5) is 14.1. The zero-order chi connectivity index (χ0) is 12.1. The molecule has 0 saturated heterocycles. The van der Waals surface area contributed by atoms with Crippen molar-refractivity contribution in [1.29, 1.82) is 0 Å². The summed E-state index contributed by atoms with van der Waals surface area (Å²) in [6.45, 7) is 7.76. The first-order valence-electron chi connectivity index (χ1n) is 5.78. The molecular weight excluding hydrogens is 198 g/mol. The summed E-state index contributed by atoms with van der Waals surface area (Å²) in [7, 11) is 2.00. The van der Waals surface area contributed by atoms with Gasteiger partial charge < -0.3 is 0 Å². The van der Waals surface area contributed by atoms with Crippen molar-refractivity contribution in [3.8, 4) is 0 Å². The maximum Gasteiger partial charge on any atom is 0.177 e. The molecule has 0 saturated carbocycles. The molecule has 88 valence electrons. The first-order chi connectivity index (χ1) is 7.50. The lowest BCUT2D eigenvalue weighted by Crippen LogP contribution is -2.29. The second kappa shape index (κ2) is 5.80. The lowest BCUT2D eigenvalue weighted by molar-refractivity contribution is 0.0940. The van der Waals surface area contributed by atoms with Crippen LogP contribution in [0.5, 0.6) is 0 Å². The molecule has 0 atom stereocenters. The van der Waals surface area contributed by atoms with Gasteiger partial charge in [-0.25, -0.2) is 0 Å². The van der Waals surface area contributed by atoms with Gasteiger partial charge in [-0.15, -0.1) is 0 Å². The third-order valence-corrected chi connectivity index (χ3v) is 2.54. The first kappa shape index (κ1) is 12.9. The summed E-state index contributed by atoms with van der Waals surface area (Å²) in [6.07, 6.45) is 0. The predicted molar refractivity (Wildman–Crippen MR) is 67.8 cm³/mol. The van der Waals surface area contributed by atoms with Crippen molar-refractivity contribution in [2.24, 2.45) is 5.92 Å². The highest BCUT2D eigenvalue weighted by atomic mass is 16.1. The molecule has 0 spiro atoms. The van der Waals surface area contributed by atoms with E-state index in [1.165, 1.54) is 0 Å². The van der Waals surface area contributed by atoms with E-state index < -0.39 is 0 Å². The van der Waals surface area contributed by atoms with Crippen molar-refractivity contribution in [2.45, 2.75) is 20.8 Å². The Balaban J connectivity index is 2.63. The maximum absolute atomic E-state index is 12.0. The minimum atomic E-state index is 0.209. The van der Waals surface area contributed by atoms with E-state index >= 15 is 0 Å². The van der Waals surface area contributed by atoms with Gasteiger partial charge in [-0.05, 0) is 25.5 Å². The van der Waals surface area contributed by atoms with Gasteiger partial charge in [0.05, 0.1) is 6.54 Å². The van der Waals surface area contributed by atoms with E-state index in [1.807, 2.05) is 38.2 Å². The van der Waals surface area contributed by atoms with Crippen molar-refractivity contribution in [2.75, 3.05) is 20.1 Å². The van der Waals surface area contributed by atoms with Gasteiger partial charge in [0.1, 0.15) is 0 Å². The molecule has 0 aromatic heterocycles. The topological polar surface area (TPSA) is 20.3 Å². The fourth-order valence-corrected chi connectivity index (χ4v) is 1.90. The van der Waals surface area contributed by atoms with Crippen LogP contribution >= 0.6 is 0 Å². The molecule has 1 aromatic carbocycles. The van der Waals surface area contributed by atoms with E-state index in [1.54, 1.807) is 0 Å². The van der Waals surface area contributed by atoms with Crippen LogP contribution in [0.1, 0.15) is 29.8 Å². The fraction of sp³-hybridized carbons (Fsp3) is 0.500. The minimum Gasteiger partial charge on any atom is -0.299 e. The Hall–Kier alpha value is -1.15. The van der Waals surface area contributed by atoms with E-state index in [2.05, 4.69) is 18.7 Å². The molecule has 0 fully saturated rings. The van der Waals surface area contributed by atoms with Crippen molar-refractivity contribution in [3.63, 3.8) is 0 Å². The van der Waals surface area contributed by atoms with Crippen LogP contribution in [0.3, 0.4) is 0 Å². The molecule has 16 heavy (non-hydrogen) atoms. The predicted octanol–water partition coefficient (Wildman–Crippen LogP) is 2.77. The first-order valence-corrected chi connectivity index (χ1v) is 5.78. The van der Waals surface area contributed by atoms with Crippen molar-refractivity contribution in [3.05, 3.63) is 35.4 Å². The molecule has 0 heterocycles. The summed E-state index contributed by atoms with van der Waals surface area (Å²) >= 11 is 0. The van der Waals surface area contributed by atoms with Crippen LogP contribution in [0.4, 0.5) is 0 Å². The number of carbonyl (C=O) groups is 1. The zero-order valence-electron chi connectivity index (χ0n) is 10.7. The minimum absolute atomic E-state index is 0.209. The van der Waals surface area contributed by atoms with E-state index in [9.17, 15) is 4.79 Å². The van der Waals surface area contributed by atoms with Gasteiger partial charge in [0.25, 0.3) is 0 Å². The molecule has 1 aromatic rings. The summed E-state index contributed by atoms with van der Waals surface area (Å²) in [6, 6.07) is 7.77. The Kier molecular flexibility index (Phi) is 4.69. The average Bonchev–Trinajstić information content (AvgIpc) is 2.16. The highest BCUT2D eigenvalue weighted by Gasteiger charge is 2.11. The number of carbonyl (C=O) groups excluding carboxylic acids is 1. The van der Waals surface area contributed by atoms with Gasteiger partial charge in [-0.2, -0.15) is 0 Å². The van der Waals surface area contributed by atoms with Crippen LogP contribution in [-0.4, -0.2) is 30.8 Å². The molecular formula is C14H21NO. The molecule has 0 N–H and O–H groups in total. The highest BCUT2D eigenvalue weighted by Crippen LogP contribution is 2.08. The summed E-state index contributed by atoms with van der Waals surface area (Å²) in [5.74, 6) is 0.802. The Morgan fingerprint density at radius 1 is 1.31 bits per heavy atom. The molecule has 2 nitrogen and oxygen atoms in total. The van der Waals surface area contributed by atoms with E-state index in [4.69, 9.17) is 0 Å². The Bertz CT molecular complexity index is 358. The number of hydrogen-bond acceptors (Lipinski definition) is 2. The SMILES string of the molecule is Cc1ccccc1C(=O)CN(C)CC(C)C. The van der Waals surface area contributed by atoms with Crippen LogP contribution < -0.4 is 0 Å². The standard InChI is InChI=1S/C14H21NO/c1-11(2)9-15(4)10-14(16)13-8-6-5-7-12(13)3/h5-8,11H,9-10H2,1-4H3. The largest absolute Gasteiger partial charge is 0.299 e. The molecule has 0 aliphatic carbocycles. The number of benzene rings is 1. The van der Waals surface area contributed by atoms with Crippen LogP contribution in [0, 0.1) is 12.8 Å². The Morgan fingerprint density at radius 2 is 1.94 bits per heavy atom. The fourth-order valence-electron chi connectivity index (χ4n) is 1.90. The van der Waals surface area contributed by atoms with Crippen molar-refractivity contribution >= 4 is 5.78 Å². The molecule has 2 heteroatoms. The number of ketones is 1. The summed E-state index contributed by atoms with van der Waals surface area (Å²) in [5, 5.41) is 0. The molecule has 0 unspecified atom stereocenters. The van der Waals surface area contributed by atoms with Gasteiger partial charge >= 0.3 is 0 Å². The Labute approximate surface area is 98.3 Å². The van der Waals surface area contributed by atoms with Gasteiger partial charge in [0, 0.05) is 12.1 Å². The van der Waals surface area contributed by atoms with Crippen molar-refractivity contribution < 1.29 is 4.79 Å². The number of nitrogens with zero attached hydrogens (tertiary/aromatic N) is 1. The number of likely N-dealkylation sites (N-methyl/N-ethyl adjacent to an activating group) is 1. The third-order valence-electron chi connectivity index (χ3n) is 2.54. The molecule has 0 radical (unpaired) electrons. The lowest BCUT2D eigenvalue weighted by Gasteiger charge is -2.18. The second-order valence-electron chi connectivity index (χ2n) is 4.83. The number of hydrogen-bond donors (Lipinski definition) is 0. The molecule has 0 aliphatic heterocycles. The number of Topliss-reactive ketones (excluding diaryl/α,β-unsaturated/α-hetero) is 1. The van der Waals surface area contributed by atoms with Crippen molar-refractivity contribution in [1.82, 2.24) is 4.90 Å². The van der Waals surface area contributed by atoms with Crippen LogP contribution in [0.25, 0.3) is 0 Å². The van der Waals surface area contributed by atoms with Gasteiger partial charge in [-0.1, -0.05) is 38.1 Å².